The normalized spacial score (nSPS) is 29.4. The van der Waals surface area contributed by atoms with Crippen LogP contribution in [0.4, 0.5) is 30.7 Å². The Labute approximate surface area is 193 Å². The average Bonchev–Trinajstić information content (AvgIpc) is 3.21. The summed E-state index contributed by atoms with van der Waals surface area (Å²) in [5.41, 5.74) is -4.13. The summed E-state index contributed by atoms with van der Waals surface area (Å²) < 4.78 is 123. The fourth-order valence-corrected chi connectivity index (χ4v) is 7.01. The van der Waals surface area contributed by atoms with E-state index in [4.69, 9.17) is 0 Å². The maximum atomic E-state index is 14.1. The van der Waals surface area contributed by atoms with Crippen LogP contribution < -0.4 is 0 Å². The monoisotopic (exact) mass is 543 g/mol. The van der Waals surface area contributed by atoms with Crippen LogP contribution in [0, 0.1) is 5.92 Å². The molecule has 0 amide bonds. The quantitative estimate of drug-likeness (QED) is 0.448. The maximum Gasteiger partial charge on any atom is 0.433 e. The lowest BCUT2D eigenvalue weighted by Gasteiger charge is -2.50. The molecule has 5 atom stereocenters. The molecule has 0 bridgehead atoms. The summed E-state index contributed by atoms with van der Waals surface area (Å²) in [4.78, 5) is 15.4. The SMILES string of the molecule is COC(=O)C(O)(c1cnc(S(=O)(=O)N2CCN(C3CC(C(F)(F)F)[C@@H]3F)C[C@H]2C)s1)C(F)(F)F. The van der Waals surface area contributed by atoms with E-state index in [1.165, 1.54) is 11.8 Å². The first-order valence-electron chi connectivity index (χ1n) is 9.76. The van der Waals surface area contributed by atoms with Crippen molar-refractivity contribution in [1.29, 1.82) is 0 Å². The Morgan fingerprint density at radius 2 is 1.85 bits per heavy atom. The van der Waals surface area contributed by atoms with Crippen molar-refractivity contribution in [1.82, 2.24) is 14.2 Å². The molecule has 194 valence electrons. The zero-order valence-corrected chi connectivity index (χ0v) is 19.2. The molecule has 1 saturated carbocycles. The van der Waals surface area contributed by atoms with Crippen molar-refractivity contribution in [3.63, 3.8) is 0 Å². The zero-order valence-electron chi connectivity index (χ0n) is 17.6. The molecule has 34 heavy (non-hydrogen) atoms. The van der Waals surface area contributed by atoms with Gasteiger partial charge in [-0.25, -0.2) is 22.6 Å². The van der Waals surface area contributed by atoms with Crippen molar-refractivity contribution in [3.8, 4) is 0 Å². The Balaban J connectivity index is 1.77. The van der Waals surface area contributed by atoms with Crippen LogP contribution in [0.5, 0.6) is 0 Å². The number of nitrogens with zero attached hydrogens (tertiary/aromatic N) is 3. The number of carbonyl (C=O) groups is 1. The highest BCUT2D eigenvalue weighted by atomic mass is 32.2. The molecule has 2 aliphatic rings. The van der Waals surface area contributed by atoms with Crippen molar-refractivity contribution >= 4 is 27.3 Å². The number of piperazine rings is 1. The third-order valence-electron chi connectivity index (χ3n) is 6.00. The summed E-state index contributed by atoms with van der Waals surface area (Å²) in [6.45, 7) is 0.915. The number of carbonyl (C=O) groups excluding carboxylic acids is 1. The number of hydrogen-bond donors (Lipinski definition) is 1. The summed E-state index contributed by atoms with van der Waals surface area (Å²) in [6.07, 6.45) is -12.4. The molecule has 3 rings (SSSR count). The van der Waals surface area contributed by atoms with E-state index in [9.17, 15) is 49.1 Å². The summed E-state index contributed by atoms with van der Waals surface area (Å²) in [5.74, 6) is -4.15. The van der Waals surface area contributed by atoms with Gasteiger partial charge in [-0.3, -0.25) is 4.90 Å². The van der Waals surface area contributed by atoms with Gasteiger partial charge in [0.05, 0.1) is 17.9 Å². The smallest absolute Gasteiger partial charge is 0.433 e. The minimum absolute atomic E-state index is 0.0710. The summed E-state index contributed by atoms with van der Waals surface area (Å²) in [6, 6.07) is -1.89. The van der Waals surface area contributed by atoms with Crippen molar-refractivity contribution in [2.45, 2.75) is 53.9 Å². The second-order valence-electron chi connectivity index (χ2n) is 8.05. The van der Waals surface area contributed by atoms with Gasteiger partial charge in [0.25, 0.3) is 15.6 Å². The Hall–Kier alpha value is -1.56. The molecule has 0 aromatic carbocycles. The highest BCUT2D eigenvalue weighted by Gasteiger charge is 2.63. The molecule has 1 aliphatic carbocycles. The van der Waals surface area contributed by atoms with Crippen LogP contribution in [0.1, 0.15) is 18.2 Å². The third kappa shape index (κ3) is 4.40. The predicted octanol–water partition coefficient (Wildman–Crippen LogP) is 2.05. The Morgan fingerprint density at radius 3 is 2.32 bits per heavy atom. The highest BCUT2D eigenvalue weighted by Crippen LogP contribution is 2.46. The van der Waals surface area contributed by atoms with E-state index >= 15 is 0 Å². The van der Waals surface area contributed by atoms with E-state index in [1.54, 1.807) is 0 Å². The largest absolute Gasteiger partial charge is 0.466 e. The van der Waals surface area contributed by atoms with Crippen LogP contribution >= 0.6 is 11.3 Å². The van der Waals surface area contributed by atoms with Crippen LogP contribution in [-0.2, 0) is 25.2 Å². The molecule has 1 aliphatic heterocycles. The average molecular weight is 543 g/mol. The van der Waals surface area contributed by atoms with E-state index in [0.717, 1.165) is 4.31 Å². The van der Waals surface area contributed by atoms with Gasteiger partial charge < -0.3 is 9.84 Å². The highest BCUT2D eigenvalue weighted by molar-refractivity contribution is 7.91. The Bertz CT molecular complexity index is 1030. The second kappa shape index (κ2) is 8.83. The van der Waals surface area contributed by atoms with Gasteiger partial charge in [-0.05, 0) is 13.3 Å². The van der Waals surface area contributed by atoms with Gasteiger partial charge >= 0.3 is 18.3 Å². The number of aromatic nitrogens is 1. The number of thiazole rings is 1. The molecular formula is C17H20F7N3O5S2. The van der Waals surface area contributed by atoms with E-state index in [-0.39, 0.29) is 31.0 Å². The molecule has 0 radical (unpaired) electrons. The van der Waals surface area contributed by atoms with Crippen LogP contribution in [0.15, 0.2) is 10.5 Å². The number of hydrogen-bond acceptors (Lipinski definition) is 8. The summed E-state index contributed by atoms with van der Waals surface area (Å²) in [7, 11) is -3.89. The van der Waals surface area contributed by atoms with Crippen LogP contribution in [-0.4, -0.2) is 91.0 Å². The minimum atomic E-state index is -5.54. The molecule has 17 heteroatoms. The number of methoxy groups -OCH3 is 1. The zero-order chi connectivity index (χ0) is 25.9. The molecule has 1 aromatic rings. The van der Waals surface area contributed by atoms with Gasteiger partial charge in [-0.2, -0.15) is 30.6 Å². The molecule has 1 aromatic heterocycles. The number of esters is 1. The van der Waals surface area contributed by atoms with E-state index < -0.39 is 73.8 Å². The first-order chi connectivity index (χ1) is 15.5. The second-order valence-corrected chi connectivity index (χ2v) is 11.1. The van der Waals surface area contributed by atoms with Crippen molar-refractivity contribution in [2.24, 2.45) is 5.92 Å². The molecule has 8 nitrogen and oxygen atoms in total. The fraction of sp³-hybridized carbons (Fsp3) is 0.765. The molecule has 3 unspecified atom stereocenters. The molecule has 2 fully saturated rings. The number of sulfonamides is 1. The number of halogens is 7. The molecule has 1 N–H and O–H groups in total. The van der Waals surface area contributed by atoms with Gasteiger partial charge in [-0.15, -0.1) is 11.3 Å². The lowest BCUT2D eigenvalue weighted by molar-refractivity contribution is -0.265. The predicted molar refractivity (Wildman–Crippen MR) is 102 cm³/mol. The molecule has 0 spiro atoms. The van der Waals surface area contributed by atoms with Crippen LogP contribution in [0.3, 0.4) is 0 Å². The lowest BCUT2D eigenvalue weighted by Crippen LogP contribution is -2.64. The lowest BCUT2D eigenvalue weighted by atomic mass is 9.76. The van der Waals surface area contributed by atoms with Gasteiger partial charge in [0.1, 0.15) is 6.17 Å². The number of alkyl halides is 7. The number of ether oxygens (including phenoxy) is 1. The van der Waals surface area contributed by atoms with E-state index in [0.29, 0.717) is 13.3 Å². The van der Waals surface area contributed by atoms with Crippen molar-refractivity contribution in [2.75, 3.05) is 26.7 Å². The van der Waals surface area contributed by atoms with Gasteiger partial charge in [0, 0.05) is 37.9 Å². The van der Waals surface area contributed by atoms with E-state index in [1.807, 2.05) is 0 Å². The van der Waals surface area contributed by atoms with Gasteiger partial charge in [-0.1, -0.05) is 0 Å². The van der Waals surface area contributed by atoms with E-state index in [2.05, 4.69) is 9.72 Å². The van der Waals surface area contributed by atoms with Crippen LogP contribution in [0.25, 0.3) is 0 Å². The fourth-order valence-electron chi connectivity index (χ4n) is 4.03. The van der Waals surface area contributed by atoms with Crippen molar-refractivity contribution < 1.29 is 53.8 Å². The first kappa shape index (κ1) is 27.0. The Kier molecular flexibility index (Phi) is 7.02. The number of aliphatic hydroxyl groups is 1. The maximum absolute atomic E-state index is 14.1. The number of rotatable bonds is 5. The van der Waals surface area contributed by atoms with Gasteiger partial charge in [0.2, 0.25) is 4.34 Å². The van der Waals surface area contributed by atoms with Gasteiger partial charge in [0.15, 0.2) is 0 Å². The third-order valence-corrected chi connectivity index (χ3v) is 9.49. The first-order valence-corrected chi connectivity index (χ1v) is 12.0. The Morgan fingerprint density at radius 1 is 1.24 bits per heavy atom. The van der Waals surface area contributed by atoms with Crippen molar-refractivity contribution in [3.05, 3.63) is 11.1 Å². The standard InChI is InChI=1S/C17H20F7N3O5S2/c1-8-7-26(10-5-9(12(10)18)16(19,20)21)3-4-27(8)34(30,31)14-25-6-11(33-14)15(29,13(28)32-2)17(22,23)24/h6,8-10,12,29H,3-5,7H2,1-2H3/t8-,9?,10?,12+,15?/m1/s1. The molecular weight excluding hydrogens is 523 g/mol. The molecule has 1 saturated heterocycles. The summed E-state index contributed by atoms with van der Waals surface area (Å²) >= 11 is -0.0710. The minimum Gasteiger partial charge on any atom is -0.466 e. The molecule has 2 heterocycles. The summed E-state index contributed by atoms with van der Waals surface area (Å²) in [5, 5.41) is 10.0. The van der Waals surface area contributed by atoms with Crippen LogP contribution in [0.2, 0.25) is 0 Å². The topological polar surface area (TPSA) is 100 Å².